The first-order valence-corrected chi connectivity index (χ1v) is 2.61. The highest BCUT2D eigenvalue weighted by Gasteiger charge is 2.10. The Morgan fingerprint density at radius 1 is 1.50 bits per heavy atom. The molecule has 0 aliphatic carbocycles. The molecule has 3 N–H and O–H groups in total. The van der Waals surface area contributed by atoms with Crippen molar-refractivity contribution in [2.24, 2.45) is 0 Å². The zero-order valence-corrected chi connectivity index (χ0v) is 5.01. The van der Waals surface area contributed by atoms with Gasteiger partial charge in [0.05, 0.1) is 6.61 Å². The quantitative estimate of drug-likeness (QED) is 0.422. The molecule has 0 saturated heterocycles. The Kier molecular flexibility index (Phi) is 3.90. The lowest BCUT2D eigenvalue weighted by Crippen LogP contribution is -2.29. The largest absolute Gasteiger partial charge is 0.394 e. The second-order valence-corrected chi connectivity index (χ2v) is 1.65. The van der Waals surface area contributed by atoms with Gasteiger partial charge in [-0.3, -0.25) is 0 Å². The lowest BCUT2D eigenvalue weighted by atomic mass is 10.2. The van der Waals surface area contributed by atoms with E-state index in [-0.39, 0.29) is 0 Å². The van der Waals surface area contributed by atoms with Gasteiger partial charge in [0.1, 0.15) is 12.2 Å². The molecule has 0 bridgehead atoms. The molecule has 48 valence electrons. The van der Waals surface area contributed by atoms with Gasteiger partial charge in [0.2, 0.25) is 0 Å². The van der Waals surface area contributed by atoms with Gasteiger partial charge in [-0.05, 0) is 0 Å². The Balaban J connectivity index is 3.44. The molecular weight excluding hydrogens is 128 g/mol. The minimum absolute atomic E-state index is 0.464. The average molecular weight is 136 g/mol. The molecule has 0 aliphatic heterocycles. The molecule has 2 atom stereocenters. The van der Waals surface area contributed by atoms with E-state index < -0.39 is 18.8 Å². The van der Waals surface area contributed by atoms with Crippen LogP contribution in [-0.2, 0) is 0 Å². The summed E-state index contributed by atoms with van der Waals surface area (Å²) >= 11 is 4.27. The van der Waals surface area contributed by atoms with Crippen molar-refractivity contribution in [2.45, 2.75) is 12.2 Å². The van der Waals surface area contributed by atoms with Crippen LogP contribution in [0.2, 0.25) is 0 Å². The standard InChI is InChI=1S/C4H8O3S/c5-1-3(6)4(7)2-8/h2-7H,1H2/t3-,4-/m1/s1. The van der Waals surface area contributed by atoms with Crippen LogP contribution < -0.4 is 0 Å². The van der Waals surface area contributed by atoms with Crippen molar-refractivity contribution < 1.29 is 15.3 Å². The number of thiocarbonyl (C=S) groups is 1. The van der Waals surface area contributed by atoms with Gasteiger partial charge in [-0.15, -0.1) is 0 Å². The molecule has 8 heavy (non-hydrogen) atoms. The first-order valence-electron chi connectivity index (χ1n) is 2.14. The molecule has 0 spiro atoms. The Bertz CT molecular complexity index is 75.7. The highest BCUT2D eigenvalue weighted by molar-refractivity contribution is 7.79. The Morgan fingerprint density at radius 2 is 2.00 bits per heavy atom. The minimum Gasteiger partial charge on any atom is -0.394 e. The molecule has 0 unspecified atom stereocenters. The minimum atomic E-state index is -1.13. The third-order valence-electron chi connectivity index (χ3n) is 0.721. The zero-order valence-electron chi connectivity index (χ0n) is 4.19. The van der Waals surface area contributed by atoms with E-state index >= 15 is 0 Å². The molecule has 0 aromatic carbocycles. The summed E-state index contributed by atoms with van der Waals surface area (Å²) in [6.07, 6.45) is -2.22. The van der Waals surface area contributed by atoms with Gasteiger partial charge < -0.3 is 15.3 Å². The summed E-state index contributed by atoms with van der Waals surface area (Å²) in [5.74, 6) is 0. The first-order chi connectivity index (χ1) is 3.72. The lowest BCUT2D eigenvalue weighted by Gasteiger charge is -2.08. The normalized spacial score (nSPS) is 17.4. The predicted octanol–water partition coefficient (Wildman–Crippen LogP) is -1.30. The maximum atomic E-state index is 8.56. The maximum absolute atomic E-state index is 8.56. The van der Waals surface area contributed by atoms with E-state index in [1.165, 1.54) is 0 Å². The van der Waals surface area contributed by atoms with Gasteiger partial charge in [0.25, 0.3) is 0 Å². The fraction of sp³-hybridized carbons (Fsp3) is 0.750. The highest BCUT2D eigenvalue weighted by atomic mass is 32.1. The van der Waals surface area contributed by atoms with Crippen molar-refractivity contribution in [3.8, 4) is 0 Å². The molecule has 0 heterocycles. The predicted molar refractivity (Wildman–Crippen MR) is 32.8 cm³/mol. The third-order valence-corrected chi connectivity index (χ3v) is 1.000. The molecule has 0 aliphatic rings. The SMILES string of the molecule is OC[C@@H](O)[C@H](O)C=S. The molecule has 0 fully saturated rings. The molecule has 4 heteroatoms. The van der Waals surface area contributed by atoms with Crippen LogP contribution in [-0.4, -0.2) is 39.5 Å². The zero-order chi connectivity index (χ0) is 6.57. The average Bonchev–Trinajstić information content (AvgIpc) is 1.84. The second kappa shape index (κ2) is 3.91. The van der Waals surface area contributed by atoms with Gasteiger partial charge in [-0.25, -0.2) is 0 Å². The fourth-order valence-electron chi connectivity index (χ4n) is 0.199. The van der Waals surface area contributed by atoms with Crippen LogP contribution >= 0.6 is 12.2 Å². The molecule has 0 aromatic heterocycles. The van der Waals surface area contributed by atoms with Crippen LogP contribution in [0.1, 0.15) is 0 Å². The van der Waals surface area contributed by atoms with E-state index in [0.717, 1.165) is 5.37 Å². The Hall–Kier alpha value is -0.0300. The third kappa shape index (κ3) is 2.32. The molecule has 0 rings (SSSR count). The maximum Gasteiger partial charge on any atom is 0.110 e. The number of rotatable bonds is 3. The summed E-state index contributed by atoms with van der Waals surface area (Å²) in [6, 6.07) is 0. The van der Waals surface area contributed by atoms with Crippen LogP contribution in [0.15, 0.2) is 0 Å². The second-order valence-electron chi connectivity index (χ2n) is 1.38. The lowest BCUT2D eigenvalue weighted by molar-refractivity contribution is 0.0213. The summed E-state index contributed by atoms with van der Waals surface area (Å²) in [4.78, 5) is 0. The van der Waals surface area contributed by atoms with Gasteiger partial charge >= 0.3 is 0 Å². The Labute approximate surface area is 52.6 Å². The first kappa shape index (κ1) is 7.97. The summed E-state index contributed by atoms with van der Waals surface area (Å²) < 4.78 is 0. The number of aliphatic hydroxyl groups is 3. The molecule has 3 nitrogen and oxygen atoms in total. The summed E-state index contributed by atoms with van der Waals surface area (Å²) in [7, 11) is 0. The van der Waals surface area contributed by atoms with Gasteiger partial charge in [-0.2, -0.15) is 0 Å². The van der Waals surface area contributed by atoms with E-state index in [1.54, 1.807) is 0 Å². The number of hydrogen-bond donors (Lipinski definition) is 3. The summed E-state index contributed by atoms with van der Waals surface area (Å²) in [5.41, 5.74) is 0. The van der Waals surface area contributed by atoms with E-state index in [1.807, 2.05) is 0 Å². The van der Waals surface area contributed by atoms with Gasteiger partial charge in [-0.1, -0.05) is 12.2 Å². The molecular formula is C4H8O3S. The van der Waals surface area contributed by atoms with Crippen molar-refractivity contribution in [3.63, 3.8) is 0 Å². The van der Waals surface area contributed by atoms with E-state index in [2.05, 4.69) is 12.2 Å². The van der Waals surface area contributed by atoms with Crippen LogP contribution in [0, 0.1) is 0 Å². The monoisotopic (exact) mass is 136 g/mol. The fourth-order valence-corrected chi connectivity index (χ4v) is 0.380. The topological polar surface area (TPSA) is 60.7 Å². The highest BCUT2D eigenvalue weighted by Crippen LogP contribution is 1.87. The van der Waals surface area contributed by atoms with Crippen molar-refractivity contribution in [1.82, 2.24) is 0 Å². The van der Waals surface area contributed by atoms with Crippen LogP contribution in [0.4, 0.5) is 0 Å². The van der Waals surface area contributed by atoms with Crippen molar-refractivity contribution >= 4 is 17.6 Å². The van der Waals surface area contributed by atoms with Crippen molar-refractivity contribution in [2.75, 3.05) is 6.61 Å². The van der Waals surface area contributed by atoms with Crippen molar-refractivity contribution in [1.29, 1.82) is 0 Å². The van der Waals surface area contributed by atoms with E-state index in [9.17, 15) is 0 Å². The van der Waals surface area contributed by atoms with Crippen LogP contribution in [0.25, 0.3) is 0 Å². The van der Waals surface area contributed by atoms with Crippen LogP contribution in [0.5, 0.6) is 0 Å². The smallest absolute Gasteiger partial charge is 0.110 e. The molecule has 0 radical (unpaired) electrons. The summed E-state index contributed by atoms with van der Waals surface area (Å²) in [6.45, 7) is -0.464. The van der Waals surface area contributed by atoms with Crippen molar-refractivity contribution in [3.05, 3.63) is 0 Å². The van der Waals surface area contributed by atoms with E-state index in [4.69, 9.17) is 15.3 Å². The molecule has 0 saturated carbocycles. The number of aliphatic hydroxyl groups excluding tert-OH is 3. The van der Waals surface area contributed by atoms with Crippen LogP contribution in [0.3, 0.4) is 0 Å². The van der Waals surface area contributed by atoms with Gasteiger partial charge in [0, 0.05) is 5.37 Å². The molecule has 0 aromatic rings. The Morgan fingerprint density at radius 3 is 2.12 bits per heavy atom. The van der Waals surface area contributed by atoms with Gasteiger partial charge in [0.15, 0.2) is 0 Å². The summed E-state index contributed by atoms with van der Waals surface area (Å²) in [5, 5.41) is 26.2. The van der Waals surface area contributed by atoms with E-state index in [0.29, 0.717) is 0 Å². The number of hydrogen-bond acceptors (Lipinski definition) is 4. The molecule has 0 amide bonds.